The average Bonchev–Trinajstić information content (AvgIpc) is 2.79. The van der Waals surface area contributed by atoms with Crippen molar-refractivity contribution in [2.45, 2.75) is 20.3 Å². The van der Waals surface area contributed by atoms with Gasteiger partial charge in [-0.3, -0.25) is 4.79 Å². The minimum atomic E-state index is -0.153. The summed E-state index contributed by atoms with van der Waals surface area (Å²) in [5.41, 5.74) is 5.21. The number of pyridine rings is 1. The molecule has 1 N–H and O–H groups in total. The van der Waals surface area contributed by atoms with Gasteiger partial charge in [0, 0.05) is 28.3 Å². The number of carbonyl (C=O) groups excluding carboxylic acids is 1. The van der Waals surface area contributed by atoms with Crippen LogP contribution in [0.1, 0.15) is 29.8 Å². The maximum atomic E-state index is 12.8. The molecule has 0 aliphatic heterocycles. The lowest BCUT2D eigenvalue weighted by molar-refractivity contribution is 0.102. The molecule has 1 heterocycles. The first-order valence-corrected chi connectivity index (χ1v) is 10.2. The molecule has 3 aromatic carbocycles. The highest BCUT2D eigenvalue weighted by atomic mass is 16.5. The van der Waals surface area contributed by atoms with Crippen molar-refractivity contribution in [1.29, 1.82) is 0 Å². The number of rotatable bonds is 6. The Hall–Kier alpha value is -3.66. The molecule has 1 amide bonds. The van der Waals surface area contributed by atoms with Crippen LogP contribution in [0.5, 0.6) is 5.75 Å². The van der Waals surface area contributed by atoms with Crippen LogP contribution in [0.4, 0.5) is 5.69 Å². The molecular formula is C26H24N2O2. The number of nitrogens with one attached hydrogen (secondary N) is 1. The Bertz CT molecular complexity index is 1190. The predicted molar refractivity (Wildman–Crippen MR) is 122 cm³/mol. The maximum absolute atomic E-state index is 12.8. The fourth-order valence-corrected chi connectivity index (χ4v) is 3.44. The second-order valence-corrected chi connectivity index (χ2v) is 7.04. The van der Waals surface area contributed by atoms with E-state index >= 15 is 0 Å². The smallest absolute Gasteiger partial charge is 0.255 e. The largest absolute Gasteiger partial charge is 0.493 e. The second kappa shape index (κ2) is 8.78. The van der Waals surface area contributed by atoms with E-state index in [0.717, 1.165) is 40.0 Å². The Morgan fingerprint density at radius 2 is 1.77 bits per heavy atom. The van der Waals surface area contributed by atoms with Crippen molar-refractivity contribution >= 4 is 22.5 Å². The Balaban J connectivity index is 1.70. The Kier molecular flexibility index (Phi) is 5.75. The van der Waals surface area contributed by atoms with Crippen molar-refractivity contribution < 1.29 is 9.53 Å². The van der Waals surface area contributed by atoms with Crippen LogP contribution in [-0.4, -0.2) is 17.5 Å². The van der Waals surface area contributed by atoms with E-state index in [9.17, 15) is 4.79 Å². The van der Waals surface area contributed by atoms with Crippen LogP contribution in [0.15, 0.2) is 78.9 Å². The summed E-state index contributed by atoms with van der Waals surface area (Å²) in [7, 11) is 0. The molecule has 0 fully saturated rings. The molecule has 0 saturated carbocycles. The molecule has 0 aliphatic rings. The minimum absolute atomic E-state index is 0.153. The van der Waals surface area contributed by atoms with Gasteiger partial charge in [-0.2, -0.15) is 0 Å². The number of aryl methyl sites for hydroxylation is 1. The summed E-state index contributed by atoms with van der Waals surface area (Å²) >= 11 is 0. The molecule has 0 saturated heterocycles. The third kappa shape index (κ3) is 4.18. The van der Waals surface area contributed by atoms with Gasteiger partial charge < -0.3 is 10.1 Å². The Labute approximate surface area is 176 Å². The molecule has 4 aromatic rings. The van der Waals surface area contributed by atoms with E-state index in [1.165, 1.54) is 5.56 Å². The van der Waals surface area contributed by atoms with Gasteiger partial charge in [-0.1, -0.05) is 49.4 Å². The number of hydrogen-bond acceptors (Lipinski definition) is 3. The standard InChI is InChI=1S/C26H24N2O2/c1-3-18-9-8-12-21(15-18)27-26(29)20-13-14-23-22(16-20)25(30-4-2)17-24(28-23)19-10-6-5-7-11-19/h5-17H,3-4H2,1-2H3,(H,27,29). The molecule has 1 aromatic heterocycles. The van der Waals surface area contributed by atoms with Crippen molar-refractivity contribution in [1.82, 2.24) is 4.98 Å². The summed E-state index contributed by atoms with van der Waals surface area (Å²) in [6.07, 6.45) is 0.923. The molecule has 4 rings (SSSR count). The van der Waals surface area contributed by atoms with Crippen LogP contribution < -0.4 is 10.1 Å². The fourth-order valence-electron chi connectivity index (χ4n) is 3.44. The minimum Gasteiger partial charge on any atom is -0.493 e. The van der Waals surface area contributed by atoms with Gasteiger partial charge in [-0.15, -0.1) is 0 Å². The number of fused-ring (bicyclic) bond motifs is 1. The Morgan fingerprint density at radius 3 is 2.53 bits per heavy atom. The third-order valence-electron chi connectivity index (χ3n) is 5.00. The molecule has 4 heteroatoms. The van der Waals surface area contributed by atoms with Gasteiger partial charge in [0.25, 0.3) is 5.91 Å². The predicted octanol–water partition coefficient (Wildman–Crippen LogP) is 6.12. The summed E-state index contributed by atoms with van der Waals surface area (Å²) < 4.78 is 5.89. The second-order valence-electron chi connectivity index (χ2n) is 7.04. The van der Waals surface area contributed by atoms with Crippen molar-refractivity contribution in [3.05, 3.63) is 90.0 Å². The van der Waals surface area contributed by atoms with E-state index in [1.807, 2.05) is 73.7 Å². The van der Waals surface area contributed by atoms with E-state index in [0.29, 0.717) is 12.2 Å². The van der Waals surface area contributed by atoms with E-state index < -0.39 is 0 Å². The number of anilines is 1. The lowest BCUT2D eigenvalue weighted by atomic mass is 10.1. The fraction of sp³-hybridized carbons (Fsp3) is 0.154. The van der Waals surface area contributed by atoms with Gasteiger partial charge in [-0.05, 0) is 49.2 Å². The molecule has 0 unspecified atom stereocenters. The summed E-state index contributed by atoms with van der Waals surface area (Å²) in [4.78, 5) is 17.6. The Morgan fingerprint density at radius 1 is 0.933 bits per heavy atom. The van der Waals surface area contributed by atoms with E-state index in [1.54, 1.807) is 6.07 Å². The molecular weight excluding hydrogens is 372 g/mol. The summed E-state index contributed by atoms with van der Waals surface area (Å²) in [5, 5.41) is 3.81. The highest BCUT2D eigenvalue weighted by molar-refractivity contribution is 6.07. The van der Waals surface area contributed by atoms with Crippen molar-refractivity contribution in [3.63, 3.8) is 0 Å². The van der Waals surface area contributed by atoms with Crippen molar-refractivity contribution in [3.8, 4) is 17.0 Å². The number of ether oxygens (including phenoxy) is 1. The zero-order valence-electron chi connectivity index (χ0n) is 17.2. The quantitative estimate of drug-likeness (QED) is 0.427. The molecule has 4 nitrogen and oxygen atoms in total. The number of aromatic nitrogens is 1. The number of benzene rings is 3. The molecule has 150 valence electrons. The zero-order valence-corrected chi connectivity index (χ0v) is 17.2. The van der Waals surface area contributed by atoms with Gasteiger partial charge in [0.15, 0.2) is 0 Å². The van der Waals surface area contributed by atoms with Crippen LogP contribution in [-0.2, 0) is 6.42 Å². The first kappa shape index (κ1) is 19.6. The lowest BCUT2D eigenvalue weighted by Crippen LogP contribution is -2.12. The summed E-state index contributed by atoms with van der Waals surface area (Å²) in [5.74, 6) is 0.573. The maximum Gasteiger partial charge on any atom is 0.255 e. The monoisotopic (exact) mass is 396 g/mol. The van der Waals surface area contributed by atoms with E-state index in [2.05, 4.69) is 18.3 Å². The van der Waals surface area contributed by atoms with E-state index in [-0.39, 0.29) is 5.91 Å². The van der Waals surface area contributed by atoms with Crippen LogP contribution in [0, 0.1) is 0 Å². The molecule has 0 aliphatic carbocycles. The third-order valence-corrected chi connectivity index (χ3v) is 5.00. The first-order chi connectivity index (χ1) is 14.7. The highest BCUT2D eigenvalue weighted by Crippen LogP contribution is 2.31. The summed E-state index contributed by atoms with van der Waals surface area (Å²) in [6.45, 7) is 4.58. The number of nitrogens with zero attached hydrogens (tertiary/aromatic N) is 1. The van der Waals surface area contributed by atoms with Gasteiger partial charge in [-0.25, -0.2) is 4.98 Å². The normalized spacial score (nSPS) is 10.7. The molecule has 0 radical (unpaired) electrons. The number of hydrogen-bond donors (Lipinski definition) is 1. The lowest BCUT2D eigenvalue weighted by Gasteiger charge is -2.12. The zero-order chi connectivity index (χ0) is 20.9. The number of amides is 1. The molecule has 30 heavy (non-hydrogen) atoms. The van der Waals surface area contributed by atoms with Crippen LogP contribution in [0.3, 0.4) is 0 Å². The summed E-state index contributed by atoms with van der Waals surface area (Å²) in [6, 6.07) is 25.4. The topological polar surface area (TPSA) is 51.2 Å². The van der Waals surface area contributed by atoms with Crippen LogP contribution >= 0.6 is 0 Å². The average molecular weight is 396 g/mol. The van der Waals surface area contributed by atoms with Crippen molar-refractivity contribution in [2.24, 2.45) is 0 Å². The highest BCUT2D eigenvalue weighted by Gasteiger charge is 2.13. The van der Waals surface area contributed by atoms with Gasteiger partial charge in [0.2, 0.25) is 0 Å². The SMILES string of the molecule is CCOc1cc(-c2ccccc2)nc2ccc(C(=O)Nc3cccc(CC)c3)cc12. The molecule has 0 spiro atoms. The van der Waals surface area contributed by atoms with Crippen LogP contribution in [0.2, 0.25) is 0 Å². The first-order valence-electron chi connectivity index (χ1n) is 10.2. The van der Waals surface area contributed by atoms with Crippen LogP contribution in [0.25, 0.3) is 22.2 Å². The van der Waals surface area contributed by atoms with Crippen molar-refractivity contribution in [2.75, 3.05) is 11.9 Å². The molecule has 0 bridgehead atoms. The van der Waals surface area contributed by atoms with Gasteiger partial charge in [0.1, 0.15) is 5.75 Å². The number of carbonyl (C=O) groups is 1. The molecule has 0 atom stereocenters. The van der Waals surface area contributed by atoms with Gasteiger partial charge >= 0.3 is 0 Å². The van der Waals surface area contributed by atoms with E-state index in [4.69, 9.17) is 9.72 Å². The van der Waals surface area contributed by atoms with Gasteiger partial charge in [0.05, 0.1) is 17.8 Å².